The Bertz CT molecular complexity index is 806. The van der Waals surface area contributed by atoms with Crippen LogP contribution in [0.4, 0.5) is 0 Å². The molecule has 3 aromatic rings. The van der Waals surface area contributed by atoms with Gasteiger partial charge in [-0.25, -0.2) is 4.98 Å². The van der Waals surface area contributed by atoms with E-state index in [1.165, 1.54) is 11.8 Å². The maximum absolute atomic E-state index is 8.58. The average Bonchev–Trinajstić information content (AvgIpc) is 2.96. The molecule has 0 aliphatic rings. The van der Waals surface area contributed by atoms with Gasteiger partial charge in [-0.1, -0.05) is 11.8 Å². The second-order valence-corrected chi connectivity index (χ2v) is 6.37. The molecule has 0 unspecified atom stereocenters. The minimum atomic E-state index is 0.374. The van der Waals surface area contributed by atoms with Crippen LogP contribution < -0.4 is 0 Å². The normalized spacial score (nSPS) is 10.4. The average molecular weight is 325 g/mol. The molecule has 0 fully saturated rings. The number of rotatable bonds is 4. The number of nitriles is 1. The van der Waals surface area contributed by atoms with Crippen LogP contribution in [0, 0.1) is 18.3 Å². The lowest BCUT2D eigenvalue weighted by molar-refractivity contribution is 0.937. The molecule has 5 nitrogen and oxygen atoms in total. The molecule has 0 bridgehead atoms. The van der Waals surface area contributed by atoms with Gasteiger partial charge in [-0.05, 0) is 31.2 Å². The molecule has 108 valence electrons. The maximum Gasteiger partial charge on any atom is 0.125 e. The Morgan fingerprint density at radius 3 is 2.86 bits per heavy atom. The van der Waals surface area contributed by atoms with E-state index in [-0.39, 0.29) is 0 Å². The Balaban J connectivity index is 1.89. The first-order valence-corrected chi connectivity index (χ1v) is 8.30. The highest BCUT2D eigenvalue weighted by atomic mass is 32.2. The Hall–Kier alpha value is -2.30. The van der Waals surface area contributed by atoms with E-state index in [0.717, 1.165) is 31.9 Å². The standard InChI is InChI=1S/C15H11N5S2/c1-10-14(12-4-5-13(20-19-12)21-8-6-16)22-15(18-10)11-3-2-7-17-9-11/h2-5,7,9H,8H2,1H3. The number of hydrogen-bond acceptors (Lipinski definition) is 7. The fraction of sp³-hybridized carbons (Fsp3) is 0.133. The predicted molar refractivity (Wildman–Crippen MR) is 87.4 cm³/mol. The van der Waals surface area contributed by atoms with Gasteiger partial charge in [0, 0.05) is 18.0 Å². The van der Waals surface area contributed by atoms with Crippen molar-refractivity contribution in [1.82, 2.24) is 20.2 Å². The Morgan fingerprint density at radius 2 is 2.18 bits per heavy atom. The molecule has 7 heteroatoms. The molecule has 0 N–H and O–H groups in total. The van der Waals surface area contributed by atoms with E-state index in [1.54, 1.807) is 23.7 Å². The van der Waals surface area contributed by atoms with Crippen LogP contribution in [-0.4, -0.2) is 25.9 Å². The number of hydrogen-bond donors (Lipinski definition) is 0. The summed E-state index contributed by atoms with van der Waals surface area (Å²) in [5.41, 5.74) is 2.72. The van der Waals surface area contributed by atoms with Crippen LogP contribution in [0.5, 0.6) is 0 Å². The second kappa shape index (κ2) is 6.64. The summed E-state index contributed by atoms with van der Waals surface area (Å²) in [6, 6.07) is 9.76. The third kappa shape index (κ3) is 3.13. The fourth-order valence-corrected chi connectivity index (χ4v) is 3.37. The molecule has 0 radical (unpaired) electrons. The van der Waals surface area contributed by atoms with Crippen molar-refractivity contribution in [2.75, 3.05) is 5.75 Å². The lowest BCUT2D eigenvalue weighted by Crippen LogP contribution is -1.89. The predicted octanol–water partition coefficient (Wildman–Crippen LogP) is 3.59. The Labute approximate surface area is 136 Å². The molecule has 0 amide bonds. The molecule has 22 heavy (non-hydrogen) atoms. The van der Waals surface area contributed by atoms with Crippen molar-refractivity contribution in [3.8, 4) is 27.2 Å². The van der Waals surface area contributed by atoms with Gasteiger partial charge in [-0.15, -0.1) is 21.5 Å². The maximum atomic E-state index is 8.58. The summed E-state index contributed by atoms with van der Waals surface area (Å²) in [4.78, 5) is 9.72. The molecule has 0 saturated carbocycles. The van der Waals surface area contributed by atoms with Crippen molar-refractivity contribution in [3.05, 3.63) is 42.4 Å². The molecular weight excluding hydrogens is 314 g/mol. The van der Waals surface area contributed by atoms with Crippen LogP contribution in [0.1, 0.15) is 5.69 Å². The van der Waals surface area contributed by atoms with Crippen LogP contribution in [0.15, 0.2) is 41.7 Å². The van der Waals surface area contributed by atoms with Crippen LogP contribution in [-0.2, 0) is 0 Å². The first-order valence-electron chi connectivity index (χ1n) is 6.49. The topological polar surface area (TPSA) is 75.3 Å². The van der Waals surface area contributed by atoms with E-state index in [2.05, 4.69) is 26.2 Å². The molecule has 0 saturated heterocycles. The number of thiazole rings is 1. The minimum Gasteiger partial charge on any atom is -0.264 e. The van der Waals surface area contributed by atoms with Gasteiger partial charge < -0.3 is 0 Å². The van der Waals surface area contributed by atoms with Gasteiger partial charge in [-0.3, -0.25) is 4.98 Å². The first-order chi connectivity index (χ1) is 10.8. The highest BCUT2D eigenvalue weighted by molar-refractivity contribution is 7.99. The fourth-order valence-electron chi connectivity index (χ4n) is 1.87. The summed E-state index contributed by atoms with van der Waals surface area (Å²) in [5, 5.41) is 18.6. The van der Waals surface area contributed by atoms with Gasteiger partial charge in [-0.2, -0.15) is 5.26 Å². The molecule has 0 aromatic carbocycles. The van der Waals surface area contributed by atoms with Crippen molar-refractivity contribution in [1.29, 1.82) is 5.26 Å². The number of nitrogens with zero attached hydrogens (tertiary/aromatic N) is 5. The smallest absolute Gasteiger partial charge is 0.125 e. The molecule has 0 atom stereocenters. The van der Waals surface area contributed by atoms with Crippen LogP contribution in [0.3, 0.4) is 0 Å². The van der Waals surface area contributed by atoms with Crippen molar-refractivity contribution in [2.24, 2.45) is 0 Å². The van der Waals surface area contributed by atoms with Crippen LogP contribution in [0.25, 0.3) is 21.1 Å². The van der Waals surface area contributed by atoms with Gasteiger partial charge in [0.15, 0.2) is 0 Å². The van der Waals surface area contributed by atoms with Crippen molar-refractivity contribution in [3.63, 3.8) is 0 Å². The quantitative estimate of drug-likeness (QED) is 0.682. The zero-order valence-corrected chi connectivity index (χ0v) is 13.4. The first kappa shape index (κ1) is 14.6. The largest absolute Gasteiger partial charge is 0.264 e. The molecule has 0 spiro atoms. The summed E-state index contributed by atoms with van der Waals surface area (Å²) < 4.78 is 0. The van der Waals surface area contributed by atoms with E-state index < -0.39 is 0 Å². The van der Waals surface area contributed by atoms with Crippen LogP contribution >= 0.6 is 23.1 Å². The minimum absolute atomic E-state index is 0.374. The lowest BCUT2D eigenvalue weighted by Gasteiger charge is -1.98. The SMILES string of the molecule is Cc1nc(-c2cccnc2)sc1-c1ccc(SCC#N)nn1. The van der Waals surface area contributed by atoms with Gasteiger partial charge in [0.25, 0.3) is 0 Å². The lowest BCUT2D eigenvalue weighted by atomic mass is 10.3. The summed E-state index contributed by atoms with van der Waals surface area (Å²) in [5.74, 6) is 0.374. The Morgan fingerprint density at radius 1 is 1.27 bits per heavy atom. The van der Waals surface area contributed by atoms with Gasteiger partial charge in [0.2, 0.25) is 0 Å². The number of aryl methyl sites for hydroxylation is 1. The molecular formula is C15H11N5S2. The van der Waals surface area contributed by atoms with Gasteiger partial charge >= 0.3 is 0 Å². The summed E-state index contributed by atoms with van der Waals surface area (Å²) in [6.07, 6.45) is 3.54. The third-order valence-electron chi connectivity index (χ3n) is 2.86. The zero-order valence-electron chi connectivity index (χ0n) is 11.7. The molecule has 0 aliphatic heterocycles. The zero-order chi connectivity index (χ0) is 15.4. The number of thioether (sulfide) groups is 1. The Kier molecular flexibility index (Phi) is 4.42. The number of pyridine rings is 1. The molecule has 3 heterocycles. The highest BCUT2D eigenvalue weighted by Crippen LogP contribution is 2.33. The van der Waals surface area contributed by atoms with E-state index in [4.69, 9.17) is 5.26 Å². The molecule has 3 aromatic heterocycles. The van der Waals surface area contributed by atoms with Crippen molar-refractivity contribution >= 4 is 23.1 Å². The van der Waals surface area contributed by atoms with Crippen molar-refractivity contribution < 1.29 is 0 Å². The van der Waals surface area contributed by atoms with Gasteiger partial charge in [0.05, 0.1) is 22.4 Å². The summed E-state index contributed by atoms with van der Waals surface area (Å²) in [6.45, 7) is 1.96. The van der Waals surface area contributed by atoms with E-state index >= 15 is 0 Å². The highest BCUT2D eigenvalue weighted by Gasteiger charge is 2.13. The second-order valence-electron chi connectivity index (χ2n) is 4.38. The monoisotopic (exact) mass is 325 g/mol. The van der Waals surface area contributed by atoms with Crippen LogP contribution in [0.2, 0.25) is 0 Å². The molecule has 0 aliphatic carbocycles. The van der Waals surface area contributed by atoms with Crippen molar-refractivity contribution in [2.45, 2.75) is 11.9 Å². The van der Waals surface area contributed by atoms with E-state index in [9.17, 15) is 0 Å². The third-order valence-corrected chi connectivity index (χ3v) is 4.88. The number of aromatic nitrogens is 4. The molecule has 3 rings (SSSR count). The van der Waals surface area contributed by atoms with E-state index in [1.807, 2.05) is 31.2 Å². The summed E-state index contributed by atoms with van der Waals surface area (Å²) >= 11 is 2.95. The van der Waals surface area contributed by atoms with E-state index in [0.29, 0.717) is 5.75 Å². The summed E-state index contributed by atoms with van der Waals surface area (Å²) in [7, 11) is 0. The van der Waals surface area contributed by atoms with Gasteiger partial charge in [0.1, 0.15) is 15.7 Å².